The molecule has 2 atom stereocenters. The van der Waals surface area contributed by atoms with Crippen LogP contribution in [-0.2, 0) is 4.74 Å². The van der Waals surface area contributed by atoms with Crippen LogP contribution in [0.3, 0.4) is 0 Å². The molecule has 4 fully saturated rings. The third kappa shape index (κ3) is 3.55. The van der Waals surface area contributed by atoms with Crippen LogP contribution in [0, 0.1) is 5.41 Å². The van der Waals surface area contributed by atoms with Gasteiger partial charge in [-0.3, -0.25) is 4.99 Å². The molecule has 5 nitrogen and oxygen atoms in total. The minimum Gasteiger partial charge on any atom is -0.378 e. The van der Waals surface area contributed by atoms with Gasteiger partial charge in [-0.2, -0.15) is 0 Å². The number of ether oxygens (including phenoxy) is 1. The Balaban J connectivity index is 1.29. The maximum Gasteiger partial charge on any atom is 0.191 e. The van der Waals surface area contributed by atoms with E-state index in [4.69, 9.17) is 9.73 Å². The van der Waals surface area contributed by atoms with E-state index >= 15 is 0 Å². The molecular formula is C20H36N4O. The van der Waals surface area contributed by atoms with Crippen molar-refractivity contribution in [2.24, 2.45) is 10.4 Å². The topological polar surface area (TPSA) is 48.9 Å². The van der Waals surface area contributed by atoms with Gasteiger partial charge in [0, 0.05) is 49.8 Å². The highest BCUT2D eigenvalue weighted by molar-refractivity contribution is 5.80. The Morgan fingerprint density at radius 3 is 2.44 bits per heavy atom. The molecule has 3 aliphatic carbocycles. The maximum absolute atomic E-state index is 5.99. The van der Waals surface area contributed by atoms with Crippen LogP contribution in [0.1, 0.15) is 65.2 Å². The van der Waals surface area contributed by atoms with Gasteiger partial charge in [0.2, 0.25) is 0 Å². The van der Waals surface area contributed by atoms with Crippen LogP contribution in [0.5, 0.6) is 0 Å². The normalized spacial score (nSPS) is 33.0. The molecule has 0 radical (unpaired) electrons. The highest BCUT2D eigenvalue weighted by Gasteiger charge is 2.59. The number of aliphatic imine (C=N–C) groups is 1. The van der Waals surface area contributed by atoms with E-state index in [1.165, 1.54) is 58.0 Å². The zero-order valence-corrected chi connectivity index (χ0v) is 16.1. The standard InChI is InChI=1S/C20H36N4O/c1-3-21-19(22-15-8-12-24(13-9-15)16-6-7-16)23-17-14-18(25-4-2)20(17)10-5-11-20/h15-18H,3-14H2,1-2H3,(H2,21,22,23). The van der Waals surface area contributed by atoms with E-state index in [9.17, 15) is 0 Å². The first kappa shape index (κ1) is 17.6. The first-order valence-corrected chi connectivity index (χ1v) is 10.7. The van der Waals surface area contributed by atoms with Crippen LogP contribution in [0.25, 0.3) is 0 Å². The Morgan fingerprint density at radius 1 is 1.12 bits per heavy atom. The van der Waals surface area contributed by atoms with Crippen LogP contribution >= 0.6 is 0 Å². The summed E-state index contributed by atoms with van der Waals surface area (Å²) < 4.78 is 5.99. The second kappa shape index (κ2) is 7.43. The number of rotatable bonds is 6. The molecule has 0 amide bonds. The van der Waals surface area contributed by atoms with Gasteiger partial charge in [-0.05, 0) is 58.8 Å². The number of hydrogen-bond donors (Lipinski definition) is 2. The predicted molar refractivity (Wildman–Crippen MR) is 102 cm³/mol. The lowest BCUT2D eigenvalue weighted by molar-refractivity contribution is -0.168. The Morgan fingerprint density at radius 2 is 1.88 bits per heavy atom. The Bertz CT molecular complexity index is 478. The van der Waals surface area contributed by atoms with E-state index in [2.05, 4.69) is 29.4 Å². The van der Waals surface area contributed by atoms with Crippen molar-refractivity contribution >= 4 is 5.96 Å². The van der Waals surface area contributed by atoms with Gasteiger partial charge in [0.15, 0.2) is 5.96 Å². The Labute approximate surface area is 153 Å². The van der Waals surface area contributed by atoms with E-state index in [-0.39, 0.29) is 0 Å². The molecule has 0 bridgehead atoms. The highest BCUT2D eigenvalue weighted by Crippen LogP contribution is 2.57. The molecule has 1 aliphatic heterocycles. The summed E-state index contributed by atoms with van der Waals surface area (Å²) in [6, 6.07) is 2.03. The Kier molecular flexibility index (Phi) is 5.23. The summed E-state index contributed by atoms with van der Waals surface area (Å²) in [5.41, 5.74) is 0.390. The molecule has 0 aromatic rings. The van der Waals surface area contributed by atoms with Gasteiger partial charge in [-0.1, -0.05) is 6.42 Å². The molecule has 4 aliphatic rings. The summed E-state index contributed by atoms with van der Waals surface area (Å²) in [6.45, 7) is 8.43. The number of piperidine rings is 1. The van der Waals surface area contributed by atoms with Gasteiger partial charge >= 0.3 is 0 Å². The number of guanidine groups is 1. The van der Waals surface area contributed by atoms with E-state index in [1.54, 1.807) is 0 Å². The summed E-state index contributed by atoms with van der Waals surface area (Å²) in [5.74, 6) is 1.04. The third-order valence-corrected chi connectivity index (χ3v) is 7.00. The summed E-state index contributed by atoms with van der Waals surface area (Å²) >= 11 is 0. The predicted octanol–water partition coefficient (Wildman–Crippen LogP) is 2.52. The van der Waals surface area contributed by atoms with Crippen LogP contribution in [0.2, 0.25) is 0 Å². The van der Waals surface area contributed by atoms with Gasteiger partial charge in [0.05, 0.1) is 6.10 Å². The molecule has 0 aromatic carbocycles. The van der Waals surface area contributed by atoms with Crippen molar-refractivity contribution in [1.82, 2.24) is 15.5 Å². The molecule has 1 spiro atoms. The fourth-order valence-corrected chi connectivity index (χ4v) is 5.14. The number of nitrogens with one attached hydrogen (secondary N) is 2. The van der Waals surface area contributed by atoms with Gasteiger partial charge in [0.1, 0.15) is 0 Å². The van der Waals surface area contributed by atoms with Crippen molar-refractivity contribution in [2.75, 3.05) is 26.2 Å². The molecule has 1 heterocycles. The van der Waals surface area contributed by atoms with E-state index in [0.717, 1.165) is 31.6 Å². The minimum atomic E-state index is 0.390. The second-order valence-corrected chi connectivity index (χ2v) is 8.47. The van der Waals surface area contributed by atoms with Gasteiger partial charge in [-0.15, -0.1) is 0 Å². The van der Waals surface area contributed by atoms with Gasteiger partial charge in [0.25, 0.3) is 0 Å². The Hall–Kier alpha value is -0.810. The maximum atomic E-state index is 5.99. The molecule has 4 rings (SSSR count). The lowest BCUT2D eigenvalue weighted by Crippen LogP contribution is -2.69. The summed E-state index contributed by atoms with van der Waals surface area (Å²) in [5, 5.41) is 7.51. The van der Waals surface area contributed by atoms with Crippen molar-refractivity contribution < 1.29 is 4.74 Å². The van der Waals surface area contributed by atoms with E-state index in [0.29, 0.717) is 23.6 Å². The summed E-state index contributed by atoms with van der Waals surface area (Å²) in [4.78, 5) is 7.43. The quantitative estimate of drug-likeness (QED) is 0.572. The third-order valence-electron chi connectivity index (χ3n) is 7.00. The smallest absolute Gasteiger partial charge is 0.191 e. The van der Waals surface area contributed by atoms with Crippen molar-refractivity contribution in [3.8, 4) is 0 Å². The molecule has 25 heavy (non-hydrogen) atoms. The fraction of sp³-hybridized carbons (Fsp3) is 0.950. The zero-order valence-electron chi connectivity index (χ0n) is 16.1. The largest absolute Gasteiger partial charge is 0.378 e. The molecular weight excluding hydrogens is 312 g/mol. The highest BCUT2D eigenvalue weighted by atomic mass is 16.5. The first-order chi connectivity index (χ1) is 12.2. The lowest BCUT2D eigenvalue weighted by Gasteiger charge is -2.61. The van der Waals surface area contributed by atoms with Crippen LogP contribution in [0.15, 0.2) is 4.99 Å². The van der Waals surface area contributed by atoms with Gasteiger partial charge < -0.3 is 20.3 Å². The summed E-state index contributed by atoms with van der Waals surface area (Å²) in [7, 11) is 0. The van der Waals surface area contributed by atoms with Gasteiger partial charge in [-0.25, -0.2) is 0 Å². The first-order valence-electron chi connectivity index (χ1n) is 10.7. The molecule has 2 N–H and O–H groups in total. The van der Waals surface area contributed by atoms with Crippen LogP contribution in [-0.4, -0.2) is 61.3 Å². The van der Waals surface area contributed by atoms with Crippen molar-refractivity contribution in [3.05, 3.63) is 0 Å². The number of likely N-dealkylation sites (tertiary alicyclic amines) is 1. The average molecular weight is 349 g/mol. The SMILES string of the molecule is CCN=C(NC1CCN(C2CC2)CC1)NC1CC(OCC)C12CCC2. The number of nitrogens with zero attached hydrogens (tertiary/aromatic N) is 2. The van der Waals surface area contributed by atoms with Crippen LogP contribution < -0.4 is 10.6 Å². The fourth-order valence-electron chi connectivity index (χ4n) is 5.14. The lowest BCUT2D eigenvalue weighted by atomic mass is 9.51. The molecule has 0 aromatic heterocycles. The van der Waals surface area contributed by atoms with E-state index < -0.39 is 0 Å². The van der Waals surface area contributed by atoms with Crippen molar-refractivity contribution in [2.45, 2.75) is 89.4 Å². The molecule has 142 valence electrons. The second-order valence-electron chi connectivity index (χ2n) is 8.47. The number of hydrogen-bond acceptors (Lipinski definition) is 3. The zero-order chi connectivity index (χ0) is 17.3. The van der Waals surface area contributed by atoms with Crippen LogP contribution in [0.4, 0.5) is 0 Å². The monoisotopic (exact) mass is 348 g/mol. The molecule has 2 unspecified atom stereocenters. The van der Waals surface area contributed by atoms with E-state index in [1.807, 2.05) is 0 Å². The molecule has 5 heteroatoms. The summed E-state index contributed by atoms with van der Waals surface area (Å²) in [6.07, 6.45) is 10.9. The van der Waals surface area contributed by atoms with Crippen molar-refractivity contribution in [3.63, 3.8) is 0 Å². The molecule has 1 saturated heterocycles. The average Bonchev–Trinajstić information content (AvgIpc) is 3.38. The van der Waals surface area contributed by atoms with Crippen molar-refractivity contribution in [1.29, 1.82) is 0 Å². The molecule has 3 saturated carbocycles. The minimum absolute atomic E-state index is 0.390.